The third-order valence-corrected chi connectivity index (χ3v) is 3.93. The van der Waals surface area contributed by atoms with E-state index in [2.05, 4.69) is 10.5 Å². The number of aryl methyl sites for hydroxylation is 1. The highest BCUT2D eigenvalue weighted by molar-refractivity contribution is 5.91. The monoisotopic (exact) mass is 313 g/mol. The van der Waals surface area contributed by atoms with Crippen LogP contribution in [-0.2, 0) is 4.79 Å². The van der Waals surface area contributed by atoms with Crippen molar-refractivity contribution in [1.29, 1.82) is 0 Å². The van der Waals surface area contributed by atoms with Crippen LogP contribution in [0.25, 0.3) is 0 Å². The molecule has 0 unspecified atom stereocenters. The summed E-state index contributed by atoms with van der Waals surface area (Å²) in [6, 6.07) is 10.9. The summed E-state index contributed by atoms with van der Waals surface area (Å²) in [6.45, 7) is 2.96. The average Bonchev–Trinajstić information content (AvgIpc) is 3.16. The van der Waals surface area contributed by atoms with E-state index in [-0.39, 0.29) is 23.6 Å². The molecule has 2 heterocycles. The average molecular weight is 313 g/mol. The van der Waals surface area contributed by atoms with Crippen LogP contribution in [0.2, 0.25) is 0 Å². The first-order chi connectivity index (χ1) is 11.1. The van der Waals surface area contributed by atoms with Gasteiger partial charge >= 0.3 is 0 Å². The van der Waals surface area contributed by atoms with E-state index in [1.807, 2.05) is 30.3 Å². The van der Waals surface area contributed by atoms with Crippen LogP contribution in [-0.4, -0.2) is 35.0 Å². The Morgan fingerprint density at radius 2 is 2.17 bits per heavy atom. The lowest BCUT2D eigenvalue weighted by Gasteiger charge is -2.24. The van der Waals surface area contributed by atoms with Crippen molar-refractivity contribution in [3.63, 3.8) is 0 Å². The lowest BCUT2D eigenvalue weighted by atomic mass is 10.1. The predicted molar refractivity (Wildman–Crippen MR) is 83.7 cm³/mol. The number of carbonyl (C=O) groups excluding carboxylic acids is 2. The second-order valence-corrected chi connectivity index (χ2v) is 5.71. The Bertz CT molecular complexity index is 696. The van der Waals surface area contributed by atoms with Crippen molar-refractivity contribution in [2.45, 2.75) is 25.8 Å². The van der Waals surface area contributed by atoms with Gasteiger partial charge in [-0.05, 0) is 18.9 Å². The first-order valence-electron chi connectivity index (χ1n) is 7.70. The minimum Gasteiger partial charge on any atom is -0.351 e. The number of benzene rings is 1. The smallest absolute Gasteiger partial charge is 0.290 e. The molecule has 0 spiro atoms. The molecule has 1 fully saturated rings. The Hall–Kier alpha value is -2.63. The molecular weight excluding hydrogens is 294 g/mol. The maximum Gasteiger partial charge on any atom is 0.290 e. The molecule has 1 aromatic carbocycles. The summed E-state index contributed by atoms with van der Waals surface area (Å²) in [5.74, 6) is -0.0158. The quantitative estimate of drug-likeness (QED) is 0.917. The van der Waals surface area contributed by atoms with Crippen molar-refractivity contribution in [3.8, 4) is 0 Å². The Morgan fingerprint density at radius 1 is 1.39 bits per heavy atom. The Morgan fingerprint density at radius 3 is 2.78 bits per heavy atom. The standard InChI is InChI=1S/C17H19N3O3/c1-12-10-15(23-19-12)17(22)18-14(13-6-3-2-4-7-13)11-20-9-5-8-16(20)21/h2-4,6-7,10,14H,5,8-9,11H2,1H3,(H,18,22)/t14-/m0/s1. The maximum atomic E-state index is 12.3. The number of hydrogen-bond donors (Lipinski definition) is 1. The Kier molecular flexibility index (Phi) is 4.41. The zero-order valence-electron chi connectivity index (χ0n) is 13.0. The number of likely N-dealkylation sites (tertiary alicyclic amines) is 1. The molecule has 2 aromatic rings. The lowest BCUT2D eigenvalue weighted by molar-refractivity contribution is -0.128. The van der Waals surface area contributed by atoms with Gasteiger partial charge in [0.25, 0.3) is 5.91 Å². The number of nitrogens with one attached hydrogen (secondary N) is 1. The van der Waals surface area contributed by atoms with Gasteiger partial charge in [-0.2, -0.15) is 0 Å². The molecule has 6 heteroatoms. The van der Waals surface area contributed by atoms with Crippen LogP contribution in [0.5, 0.6) is 0 Å². The zero-order valence-corrected chi connectivity index (χ0v) is 13.0. The van der Waals surface area contributed by atoms with E-state index in [4.69, 9.17) is 4.52 Å². The van der Waals surface area contributed by atoms with E-state index in [1.54, 1.807) is 17.9 Å². The maximum absolute atomic E-state index is 12.3. The fourth-order valence-corrected chi connectivity index (χ4v) is 2.74. The van der Waals surface area contributed by atoms with Gasteiger partial charge < -0.3 is 14.7 Å². The van der Waals surface area contributed by atoms with Gasteiger partial charge in [0.05, 0.1) is 11.7 Å². The molecule has 6 nitrogen and oxygen atoms in total. The molecule has 0 aliphatic carbocycles. The van der Waals surface area contributed by atoms with Gasteiger partial charge in [-0.15, -0.1) is 0 Å². The van der Waals surface area contributed by atoms with E-state index >= 15 is 0 Å². The minimum atomic E-state index is -0.328. The first-order valence-corrected chi connectivity index (χ1v) is 7.70. The molecule has 120 valence electrons. The summed E-state index contributed by atoms with van der Waals surface area (Å²) < 4.78 is 5.01. The molecule has 0 radical (unpaired) electrons. The van der Waals surface area contributed by atoms with Crippen LogP contribution in [0.15, 0.2) is 40.9 Å². The van der Waals surface area contributed by atoms with Gasteiger partial charge in [-0.1, -0.05) is 35.5 Å². The highest BCUT2D eigenvalue weighted by Crippen LogP contribution is 2.19. The molecule has 1 aromatic heterocycles. The van der Waals surface area contributed by atoms with Crippen molar-refractivity contribution in [2.24, 2.45) is 0 Å². The molecule has 0 saturated carbocycles. The Labute approximate surface area is 134 Å². The van der Waals surface area contributed by atoms with Crippen molar-refractivity contribution in [3.05, 3.63) is 53.4 Å². The van der Waals surface area contributed by atoms with Crippen LogP contribution in [0.4, 0.5) is 0 Å². The van der Waals surface area contributed by atoms with E-state index in [0.717, 1.165) is 18.5 Å². The summed E-state index contributed by atoms with van der Waals surface area (Å²) in [4.78, 5) is 26.0. The topological polar surface area (TPSA) is 75.4 Å². The lowest BCUT2D eigenvalue weighted by Crippen LogP contribution is -2.38. The number of amides is 2. The fraction of sp³-hybridized carbons (Fsp3) is 0.353. The van der Waals surface area contributed by atoms with E-state index in [1.165, 1.54) is 0 Å². The van der Waals surface area contributed by atoms with Crippen LogP contribution in [0, 0.1) is 6.92 Å². The molecule has 1 saturated heterocycles. The summed E-state index contributed by atoms with van der Waals surface area (Å²) >= 11 is 0. The largest absolute Gasteiger partial charge is 0.351 e. The summed E-state index contributed by atoms with van der Waals surface area (Å²) in [5, 5.41) is 6.68. The van der Waals surface area contributed by atoms with Crippen LogP contribution < -0.4 is 5.32 Å². The van der Waals surface area contributed by atoms with E-state index in [0.29, 0.717) is 18.7 Å². The van der Waals surface area contributed by atoms with Gasteiger partial charge in [0.1, 0.15) is 0 Å². The van der Waals surface area contributed by atoms with Gasteiger partial charge in [0.15, 0.2) is 0 Å². The predicted octanol–water partition coefficient (Wildman–Crippen LogP) is 2.08. The van der Waals surface area contributed by atoms with Gasteiger partial charge in [0, 0.05) is 25.6 Å². The number of rotatable bonds is 5. The summed E-state index contributed by atoms with van der Waals surface area (Å²) in [5.41, 5.74) is 1.61. The van der Waals surface area contributed by atoms with Gasteiger partial charge in [0.2, 0.25) is 11.7 Å². The summed E-state index contributed by atoms with van der Waals surface area (Å²) in [6.07, 6.45) is 1.45. The second kappa shape index (κ2) is 6.64. The fourth-order valence-electron chi connectivity index (χ4n) is 2.74. The van der Waals surface area contributed by atoms with Crippen LogP contribution >= 0.6 is 0 Å². The van der Waals surface area contributed by atoms with Crippen molar-refractivity contribution >= 4 is 11.8 Å². The molecular formula is C17H19N3O3. The molecule has 2 amide bonds. The SMILES string of the molecule is Cc1cc(C(=O)N[C@@H](CN2CCCC2=O)c2ccccc2)on1. The molecule has 1 atom stereocenters. The number of nitrogens with zero attached hydrogens (tertiary/aromatic N) is 2. The van der Waals surface area contributed by atoms with Crippen molar-refractivity contribution < 1.29 is 14.1 Å². The summed E-state index contributed by atoms with van der Waals surface area (Å²) in [7, 11) is 0. The molecule has 0 bridgehead atoms. The van der Waals surface area contributed by atoms with E-state index < -0.39 is 0 Å². The molecule has 3 rings (SSSR count). The third-order valence-electron chi connectivity index (χ3n) is 3.93. The molecule has 23 heavy (non-hydrogen) atoms. The van der Waals surface area contributed by atoms with Crippen LogP contribution in [0.3, 0.4) is 0 Å². The van der Waals surface area contributed by atoms with Gasteiger partial charge in [-0.25, -0.2) is 0 Å². The van der Waals surface area contributed by atoms with Crippen molar-refractivity contribution in [1.82, 2.24) is 15.4 Å². The van der Waals surface area contributed by atoms with Gasteiger partial charge in [-0.3, -0.25) is 9.59 Å². The highest BCUT2D eigenvalue weighted by Gasteiger charge is 2.26. The zero-order chi connectivity index (χ0) is 16.2. The molecule has 1 N–H and O–H groups in total. The van der Waals surface area contributed by atoms with E-state index in [9.17, 15) is 9.59 Å². The Balaban J connectivity index is 1.77. The normalized spacial score (nSPS) is 15.7. The third kappa shape index (κ3) is 3.59. The number of carbonyl (C=O) groups is 2. The first kappa shape index (κ1) is 15.3. The second-order valence-electron chi connectivity index (χ2n) is 5.71. The number of aromatic nitrogens is 1. The van der Waals surface area contributed by atoms with Crippen molar-refractivity contribution in [2.75, 3.05) is 13.1 Å². The molecule has 1 aliphatic heterocycles. The number of hydrogen-bond acceptors (Lipinski definition) is 4. The minimum absolute atomic E-state index is 0.135. The van der Waals surface area contributed by atoms with Crippen LogP contribution in [0.1, 0.15) is 40.7 Å². The highest BCUT2D eigenvalue weighted by atomic mass is 16.5. The molecule has 1 aliphatic rings.